The van der Waals surface area contributed by atoms with Gasteiger partial charge in [0.25, 0.3) is 5.56 Å². The molecule has 0 aliphatic carbocycles. The van der Waals surface area contributed by atoms with Crippen molar-refractivity contribution in [1.29, 1.82) is 0 Å². The molecule has 0 amide bonds. The molecule has 0 saturated heterocycles. The summed E-state index contributed by atoms with van der Waals surface area (Å²) in [6, 6.07) is 3.47. The molecule has 0 aliphatic rings. The highest BCUT2D eigenvalue weighted by Crippen LogP contribution is 2.31. The maximum atomic E-state index is 11.7. The van der Waals surface area contributed by atoms with Crippen LogP contribution in [0.3, 0.4) is 0 Å². The number of aryl methyl sites for hydroxylation is 2. The highest BCUT2D eigenvalue weighted by molar-refractivity contribution is 5.68. The highest BCUT2D eigenvalue weighted by Gasteiger charge is 2.18. The summed E-state index contributed by atoms with van der Waals surface area (Å²) in [5.41, 5.74) is 8.58. The fourth-order valence-corrected chi connectivity index (χ4v) is 2.03. The molecule has 5 heteroatoms. The molecule has 96 valence electrons. The van der Waals surface area contributed by atoms with Crippen molar-refractivity contribution in [1.82, 2.24) is 14.3 Å². The van der Waals surface area contributed by atoms with Gasteiger partial charge in [-0.25, -0.2) is 0 Å². The molecule has 18 heavy (non-hydrogen) atoms. The number of nitrogen functional groups attached to an aromatic ring is 1. The first-order valence-corrected chi connectivity index (χ1v) is 5.91. The quantitative estimate of drug-likeness (QED) is 0.873. The average molecular weight is 246 g/mol. The Morgan fingerprint density at radius 3 is 2.56 bits per heavy atom. The summed E-state index contributed by atoms with van der Waals surface area (Å²) in [5.74, 6) is 0.915. The zero-order chi connectivity index (χ0) is 13.4. The van der Waals surface area contributed by atoms with Crippen LogP contribution in [0.4, 0.5) is 5.82 Å². The van der Waals surface area contributed by atoms with Crippen LogP contribution in [-0.4, -0.2) is 14.3 Å². The number of anilines is 1. The Morgan fingerprint density at radius 2 is 2.00 bits per heavy atom. The van der Waals surface area contributed by atoms with Gasteiger partial charge in [0.05, 0.1) is 5.69 Å². The number of aromatic nitrogens is 3. The van der Waals surface area contributed by atoms with Crippen molar-refractivity contribution in [3.8, 4) is 11.3 Å². The summed E-state index contributed by atoms with van der Waals surface area (Å²) >= 11 is 0. The molecular formula is C13H18N4O. The van der Waals surface area contributed by atoms with Gasteiger partial charge < -0.3 is 10.3 Å². The van der Waals surface area contributed by atoms with Crippen LogP contribution in [0.25, 0.3) is 11.3 Å². The molecule has 0 aliphatic heterocycles. The average Bonchev–Trinajstić information content (AvgIpc) is 2.59. The zero-order valence-corrected chi connectivity index (χ0v) is 11.1. The van der Waals surface area contributed by atoms with Gasteiger partial charge in [-0.1, -0.05) is 13.8 Å². The van der Waals surface area contributed by atoms with Crippen molar-refractivity contribution in [3.05, 3.63) is 34.2 Å². The van der Waals surface area contributed by atoms with Crippen LogP contribution in [0.15, 0.2) is 23.1 Å². The Bertz CT molecular complexity index is 637. The lowest BCUT2D eigenvalue weighted by Gasteiger charge is -2.07. The van der Waals surface area contributed by atoms with Crippen LogP contribution >= 0.6 is 0 Å². The molecule has 2 rings (SSSR count). The predicted molar refractivity (Wildman–Crippen MR) is 72.4 cm³/mol. The van der Waals surface area contributed by atoms with E-state index in [1.54, 1.807) is 24.0 Å². The van der Waals surface area contributed by atoms with Crippen molar-refractivity contribution < 1.29 is 0 Å². The van der Waals surface area contributed by atoms with Gasteiger partial charge in [-0.3, -0.25) is 9.48 Å². The third kappa shape index (κ3) is 1.92. The number of nitrogens with zero attached hydrogens (tertiary/aromatic N) is 3. The smallest absolute Gasteiger partial charge is 0.250 e. The van der Waals surface area contributed by atoms with Gasteiger partial charge in [-0.05, 0) is 12.0 Å². The van der Waals surface area contributed by atoms with E-state index < -0.39 is 0 Å². The first-order valence-electron chi connectivity index (χ1n) is 5.91. The maximum Gasteiger partial charge on any atom is 0.250 e. The van der Waals surface area contributed by atoms with Gasteiger partial charge in [-0.15, -0.1) is 0 Å². The van der Waals surface area contributed by atoms with Gasteiger partial charge in [0.2, 0.25) is 0 Å². The van der Waals surface area contributed by atoms with Crippen molar-refractivity contribution in [3.63, 3.8) is 0 Å². The van der Waals surface area contributed by atoms with Gasteiger partial charge >= 0.3 is 0 Å². The molecule has 0 atom stereocenters. The van der Waals surface area contributed by atoms with Crippen LogP contribution < -0.4 is 11.3 Å². The van der Waals surface area contributed by atoms with Crippen molar-refractivity contribution in [2.24, 2.45) is 14.1 Å². The molecule has 0 unspecified atom stereocenters. The summed E-state index contributed by atoms with van der Waals surface area (Å²) < 4.78 is 3.19. The normalized spacial score (nSPS) is 11.2. The molecule has 2 N–H and O–H groups in total. The lowest BCUT2D eigenvalue weighted by Crippen LogP contribution is -2.14. The second kappa shape index (κ2) is 4.33. The van der Waals surface area contributed by atoms with E-state index in [2.05, 4.69) is 18.9 Å². The lowest BCUT2D eigenvalue weighted by molar-refractivity contribution is 0.779. The summed E-state index contributed by atoms with van der Waals surface area (Å²) in [4.78, 5) is 11.7. The van der Waals surface area contributed by atoms with Crippen LogP contribution in [0.2, 0.25) is 0 Å². The van der Waals surface area contributed by atoms with Gasteiger partial charge in [0.15, 0.2) is 0 Å². The third-order valence-corrected chi connectivity index (χ3v) is 3.08. The molecule has 0 bridgehead atoms. The standard InChI is InChI=1S/C13H18N4O/c1-8(2)11-12(15-17(4)13(11)14)9-5-6-16(3)10(18)7-9/h5-8H,14H2,1-4H3. The Kier molecular flexibility index (Phi) is 2.98. The third-order valence-electron chi connectivity index (χ3n) is 3.08. The van der Waals surface area contributed by atoms with E-state index in [-0.39, 0.29) is 11.5 Å². The van der Waals surface area contributed by atoms with Crippen LogP contribution in [0.5, 0.6) is 0 Å². The van der Waals surface area contributed by atoms with Crippen molar-refractivity contribution in [2.75, 3.05) is 5.73 Å². The summed E-state index contributed by atoms with van der Waals surface area (Å²) in [5, 5.41) is 4.42. The SMILES string of the molecule is CC(C)c1c(-c2ccn(C)c(=O)c2)nn(C)c1N. The fraction of sp³-hybridized carbons (Fsp3) is 0.385. The largest absolute Gasteiger partial charge is 0.384 e. The number of hydrogen-bond donors (Lipinski definition) is 1. The zero-order valence-electron chi connectivity index (χ0n) is 11.1. The van der Waals surface area contributed by atoms with Gasteiger partial charge in [0, 0.05) is 37.5 Å². The molecule has 0 saturated carbocycles. The second-order valence-corrected chi connectivity index (χ2v) is 4.79. The van der Waals surface area contributed by atoms with E-state index in [9.17, 15) is 4.79 Å². The van der Waals surface area contributed by atoms with E-state index in [4.69, 9.17) is 5.73 Å². The van der Waals surface area contributed by atoms with Gasteiger partial charge in [0.1, 0.15) is 5.82 Å². The molecular weight excluding hydrogens is 228 g/mol. The Morgan fingerprint density at radius 1 is 1.33 bits per heavy atom. The number of rotatable bonds is 2. The fourth-order valence-electron chi connectivity index (χ4n) is 2.03. The van der Waals surface area contributed by atoms with E-state index in [0.717, 1.165) is 16.8 Å². The summed E-state index contributed by atoms with van der Waals surface area (Å²) in [7, 11) is 3.54. The Hall–Kier alpha value is -2.04. The molecule has 0 spiro atoms. The van der Waals surface area contributed by atoms with Crippen LogP contribution in [0.1, 0.15) is 25.3 Å². The first kappa shape index (κ1) is 12.4. The maximum absolute atomic E-state index is 11.7. The number of pyridine rings is 1. The predicted octanol–water partition coefficient (Wildman–Crippen LogP) is 1.49. The second-order valence-electron chi connectivity index (χ2n) is 4.79. The first-order chi connectivity index (χ1) is 8.41. The minimum atomic E-state index is -0.0496. The van der Waals surface area contributed by atoms with E-state index in [1.165, 1.54) is 4.57 Å². The summed E-state index contributed by atoms with van der Waals surface area (Å²) in [6.45, 7) is 4.13. The monoisotopic (exact) mass is 246 g/mol. The van der Waals surface area contributed by atoms with Crippen LogP contribution in [-0.2, 0) is 14.1 Å². The Labute approximate surface area is 106 Å². The Balaban J connectivity index is 2.67. The molecule has 0 aromatic carbocycles. The van der Waals surface area contributed by atoms with E-state index in [1.807, 2.05) is 13.1 Å². The van der Waals surface area contributed by atoms with E-state index >= 15 is 0 Å². The number of hydrogen-bond acceptors (Lipinski definition) is 3. The molecule has 2 heterocycles. The lowest BCUT2D eigenvalue weighted by atomic mass is 9.99. The molecule has 2 aromatic heterocycles. The highest BCUT2D eigenvalue weighted by atomic mass is 16.1. The minimum Gasteiger partial charge on any atom is -0.384 e. The molecule has 2 aromatic rings. The molecule has 0 radical (unpaired) electrons. The van der Waals surface area contributed by atoms with Gasteiger partial charge in [-0.2, -0.15) is 5.10 Å². The molecule has 5 nitrogen and oxygen atoms in total. The number of nitrogens with two attached hydrogens (primary N) is 1. The van der Waals surface area contributed by atoms with Crippen molar-refractivity contribution >= 4 is 5.82 Å². The topological polar surface area (TPSA) is 65.8 Å². The van der Waals surface area contributed by atoms with E-state index in [0.29, 0.717) is 5.82 Å². The molecule has 0 fully saturated rings. The summed E-state index contributed by atoms with van der Waals surface area (Å²) in [6.07, 6.45) is 1.74. The van der Waals surface area contributed by atoms with Crippen molar-refractivity contribution in [2.45, 2.75) is 19.8 Å². The van der Waals surface area contributed by atoms with Crippen LogP contribution in [0, 0.1) is 0 Å². The minimum absolute atomic E-state index is 0.0496.